The third-order valence-corrected chi connectivity index (χ3v) is 6.09. The van der Waals surface area contributed by atoms with Crippen LogP contribution in [-0.4, -0.2) is 8.42 Å². The van der Waals surface area contributed by atoms with E-state index in [2.05, 4.69) is 0 Å². The van der Waals surface area contributed by atoms with Crippen LogP contribution in [0.2, 0.25) is 0 Å². The maximum Gasteiger partial charge on any atom is 0.370 e. The van der Waals surface area contributed by atoms with Crippen LogP contribution >= 0.6 is 10.8 Å². The Balaban J connectivity index is 2.30. The number of aryl methyl sites for hydroxylation is 2. The van der Waals surface area contributed by atoms with Crippen molar-refractivity contribution in [2.75, 3.05) is 4.31 Å². The van der Waals surface area contributed by atoms with Crippen LogP contribution < -0.4 is 13.4 Å². The lowest BCUT2D eigenvalue weighted by Crippen LogP contribution is -2.42. The molecule has 98 valence electrons. The van der Waals surface area contributed by atoms with Crippen molar-refractivity contribution in [1.29, 1.82) is 0 Å². The lowest BCUT2D eigenvalue weighted by Gasteiger charge is -2.10. The van der Waals surface area contributed by atoms with Crippen LogP contribution in [0.4, 0.5) is 11.6 Å². The minimum absolute atomic E-state index is 0.621. The van der Waals surface area contributed by atoms with E-state index in [-0.39, 0.29) is 0 Å². The molecular formula is C12H13N3O2S2+2. The molecule has 1 aliphatic rings. The van der Waals surface area contributed by atoms with Crippen LogP contribution in [0.25, 0.3) is 0 Å². The van der Waals surface area contributed by atoms with Crippen molar-refractivity contribution in [2.24, 2.45) is 14.1 Å². The highest BCUT2D eigenvalue weighted by Crippen LogP contribution is 2.45. The molecule has 0 atom stereocenters. The van der Waals surface area contributed by atoms with Gasteiger partial charge in [0.05, 0.1) is 37.3 Å². The van der Waals surface area contributed by atoms with Gasteiger partial charge in [-0.1, -0.05) is 10.4 Å². The van der Waals surface area contributed by atoms with Crippen molar-refractivity contribution in [3.05, 3.63) is 42.7 Å². The molecule has 0 N–H and O–H groups in total. The summed E-state index contributed by atoms with van der Waals surface area (Å²) >= 11 is 0. The molecule has 3 heterocycles. The average Bonchev–Trinajstić information content (AvgIpc) is 2.62. The molecule has 0 amide bonds. The lowest BCUT2D eigenvalue weighted by atomic mass is 10.4. The summed E-state index contributed by atoms with van der Waals surface area (Å²) in [6.45, 7) is 0. The van der Waals surface area contributed by atoms with Crippen molar-refractivity contribution < 1.29 is 17.6 Å². The fourth-order valence-corrected chi connectivity index (χ4v) is 5.49. The summed E-state index contributed by atoms with van der Waals surface area (Å²) in [5, 5.41) is 0. The number of anilines is 2. The van der Waals surface area contributed by atoms with Crippen molar-refractivity contribution >= 4 is 31.5 Å². The standard InChI is InChI=1S/C12H13N3O2S2/c1-13-8-4-3-7-11(13)15-12-10(18-19(15,16)17)6-5-9-14(12)2/h3-9H,1-2H3/q+2. The van der Waals surface area contributed by atoms with E-state index in [0.717, 1.165) is 15.7 Å². The smallest absolute Gasteiger partial charge is 0.236 e. The minimum atomic E-state index is -3.44. The quantitative estimate of drug-likeness (QED) is 0.578. The maximum atomic E-state index is 12.4. The van der Waals surface area contributed by atoms with Crippen LogP contribution in [0, 0.1) is 0 Å². The first-order valence-corrected chi connectivity index (χ1v) is 8.46. The molecule has 2 aromatic heterocycles. The second-order valence-electron chi connectivity index (χ2n) is 4.28. The van der Waals surface area contributed by atoms with E-state index in [1.165, 1.54) is 4.31 Å². The van der Waals surface area contributed by atoms with Gasteiger partial charge in [0.2, 0.25) is 0 Å². The molecule has 0 saturated heterocycles. The van der Waals surface area contributed by atoms with Gasteiger partial charge in [0, 0.05) is 6.07 Å². The van der Waals surface area contributed by atoms with Crippen molar-refractivity contribution in [2.45, 2.75) is 4.90 Å². The van der Waals surface area contributed by atoms with Crippen LogP contribution in [0.15, 0.2) is 47.6 Å². The maximum absolute atomic E-state index is 12.4. The summed E-state index contributed by atoms with van der Waals surface area (Å²) in [6, 6.07) is 9.15. The fraction of sp³-hybridized carbons (Fsp3) is 0.167. The van der Waals surface area contributed by atoms with Gasteiger partial charge in [0.1, 0.15) is 4.90 Å². The zero-order chi connectivity index (χ0) is 13.6. The summed E-state index contributed by atoms with van der Waals surface area (Å²) in [5.41, 5.74) is 0. The summed E-state index contributed by atoms with van der Waals surface area (Å²) in [7, 11) is 1.12. The van der Waals surface area contributed by atoms with Gasteiger partial charge >= 0.3 is 20.7 Å². The summed E-state index contributed by atoms with van der Waals surface area (Å²) in [4.78, 5) is 0.744. The van der Waals surface area contributed by atoms with Crippen LogP contribution in [0.1, 0.15) is 0 Å². The predicted molar refractivity (Wildman–Crippen MR) is 72.2 cm³/mol. The molecular weight excluding hydrogens is 282 g/mol. The topological polar surface area (TPSA) is 45.1 Å². The highest BCUT2D eigenvalue weighted by molar-refractivity contribution is 8.73. The Morgan fingerprint density at radius 3 is 2.53 bits per heavy atom. The molecule has 0 spiro atoms. The van der Waals surface area contributed by atoms with Crippen molar-refractivity contribution in [3.63, 3.8) is 0 Å². The van der Waals surface area contributed by atoms with Gasteiger partial charge in [0.15, 0.2) is 0 Å². The van der Waals surface area contributed by atoms with Crippen LogP contribution in [0.5, 0.6) is 0 Å². The Hall–Kier alpha value is -1.60. The van der Waals surface area contributed by atoms with Gasteiger partial charge in [0.25, 0.3) is 0 Å². The summed E-state index contributed by atoms with van der Waals surface area (Å²) < 4.78 is 29.8. The monoisotopic (exact) mass is 295 g/mol. The Kier molecular flexibility index (Phi) is 2.75. The molecule has 0 saturated carbocycles. The molecule has 3 rings (SSSR count). The van der Waals surface area contributed by atoms with E-state index in [0.29, 0.717) is 11.6 Å². The molecule has 0 aromatic carbocycles. The van der Waals surface area contributed by atoms with E-state index in [1.54, 1.807) is 10.6 Å². The third kappa shape index (κ3) is 1.89. The molecule has 19 heavy (non-hydrogen) atoms. The first-order chi connectivity index (χ1) is 9.00. The fourth-order valence-electron chi connectivity index (χ4n) is 2.09. The van der Waals surface area contributed by atoms with E-state index in [9.17, 15) is 8.42 Å². The first-order valence-electron chi connectivity index (χ1n) is 5.69. The minimum Gasteiger partial charge on any atom is -0.236 e. The number of hydrogen-bond donors (Lipinski definition) is 0. The first kappa shape index (κ1) is 12.4. The molecule has 0 fully saturated rings. The van der Waals surface area contributed by atoms with Crippen LogP contribution in [-0.2, 0) is 23.2 Å². The molecule has 0 radical (unpaired) electrons. The predicted octanol–water partition coefficient (Wildman–Crippen LogP) is 0.824. The zero-order valence-corrected chi connectivity index (χ0v) is 12.1. The number of hydrogen-bond acceptors (Lipinski definition) is 3. The van der Waals surface area contributed by atoms with Crippen LogP contribution in [0.3, 0.4) is 0 Å². The normalized spacial score (nSPS) is 16.4. The van der Waals surface area contributed by atoms with E-state index >= 15 is 0 Å². The Morgan fingerprint density at radius 1 is 1.05 bits per heavy atom. The van der Waals surface area contributed by atoms with Crippen molar-refractivity contribution in [3.8, 4) is 0 Å². The number of fused-ring (bicyclic) bond motifs is 1. The second kappa shape index (κ2) is 4.21. The molecule has 0 aliphatic carbocycles. The highest BCUT2D eigenvalue weighted by atomic mass is 33.1. The van der Waals surface area contributed by atoms with E-state index in [1.807, 2.05) is 55.3 Å². The zero-order valence-electron chi connectivity index (χ0n) is 10.5. The number of pyridine rings is 2. The molecule has 2 aromatic rings. The summed E-state index contributed by atoms with van der Waals surface area (Å²) in [6.07, 6.45) is 3.67. The lowest BCUT2D eigenvalue weighted by molar-refractivity contribution is -0.667. The van der Waals surface area contributed by atoms with Gasteiger partial charge in [-0.05, 0) is 18.2 Å². The van der Waals surface area contributed by atoms with E-state index in [4.69, 9.17) is 0 Å². The van der Waals surface area contributed by atoms with Gasteiger partial charge in [-0.25, -0.2) is 9.13 Å². The Labute approximate surface area is 115 Å². The van der Waals surface area contributed by atoms with Gasteiger partial charge in [-0.15, -0.1) is 0 Å². The number of aromatic nitrogens is 2. The van der Waals surface area contributed by atoms with Gasteiger partial charge in [-0.3, -0.25) is 0 Å². The molecule has 0 unspecified atom stereocenters. The number of nitrogens with zero attached hydrogens (tertiary/aromatic N) is 3. The SMILES string of the molecule is C[n+]1ccccc1N1c2c(ccc[n+]2C)SS1(=O)=O. The summed E-state index contributed by atoms with van der Waals surface area (Å²) in [5.74, 6) is 1.30. The Morgan fingerprint density at radius 2 is 1.79 bits per heavy atom. The molecule has 5 nitrogen and oxygen atoms in total. The van der Waals surface area contributed by atoms with Crippen molar-refractivity contribution in [1.82, 2.24) is 0 Å². The Bertz CT molecular complexity index is 759. The second-order valence-corrected chi connectivity index (χ2v) is 7.87. The van der Waals surface area contributed by atoms with Gasteiger partial charge < -0.3 is 0 Å². The number of rotatable bonds is 1. The average molecular weight is 295 g/mol. The van der Waals surface area contributed by atoms with E-state index < -0.39 is 9.06 Å². The largest absolute Gasteiger partial charge is 0.370 e. The van der Waals surface area contributed by atoms with Gasteiger partial charge in [-0.2, -0.15) is 8.42 Å². The molecule has 7 heteroatoms. The third-order valence-electron chi connectivity index (χ3n) is 2.96. The molecule has 1 aliphatic heterocycles. The molecule has 0 bridgehead atoms. The highest BCUT2D eigenvalue weighted by Gasteiger charge is 2.47.